The van der Waals surface area contributed by atoms with E-state index in [1.165, 1.54) is 0 Å². The summed E-state index contributed by atoms with van der Waals surface area (Å²) in [6.07, 6.45) is -3.72. The molecule has 0 bridgehead atoms. The van der Waals surface area contributed by atoms with Crippen molar-refractivity contribution in [3.63, 3.8) is 0 Å². The van der Waals surface area contributed by atoms with Crippen LogP contribution in [0.5, 0.6) is 5.75 Å². The Kier molecular flexibility index (Phi) is 2.61. The first kappa shape index (κ1) is 12.2. The van der Waals surface area contributed by atoms with Crippen LogP contribution in [0.15, 0.2) is 24.4 Å². The summed E-state index contributed by atoms with van der Waals surface area (Å²) in [7, 11) is 0. The number of carboxylic acids is 1. The predicted molar refractivity (Wildman–Crippen MR) is 55.4 cm³/mol. The van der Waals surface area contributed by atoms with Crippen molar-refractivity contribution in [3.8, 4) is 5.75 Å². The van der Waals surface area contributed by atoms with Crippen LogP contribution in [0, 0.1) is 0 Å². The second-order valence-corrected chi connectivity index (χ2v) is 3.55. The van der Waals surface area contributed by atoms with E-state index in [4.69, 9.17) is 5.11 Å². The lowest BCUT2D eigenvalue weighted by Crippen LogP contribution is -2.06. The summed E-state index contributed by atoms with van der Waals surface area (Å²) in [6, 6.07) is 2.46. The zero-order chi connectivity index (χ0) is 13.5. The van der Waals surface area contributed by atoms with Gasteiger partial charge in [-0.3, -0.25) is 4.98 Å². The van der Waals surface area contributed by atoms with Gasteiger partial charge in [0, 0.05) is 5.39 Å². The summed E-state index contributed by atoms with van der Waals surface area (Å²) in [5, 5.41) is 18.2. The molecule has 7 heteroatoms. The number of halogens is 3. The van der Waals surface area contributed by atoms with Crippen LogP contribution in [0.1, 0.15) is 15.9 Å². The van der Waals surface area contributed by atoms with Crippen molar-refractivity contribution >= 4 is 16.9 Å². The zero-order valence-electron chi connectivity index (χ0n) is 8.69. The minimum Gasteiger partial charge on any atom is -0.505 e. The van der Waals surface area contributed by atoms with Gasteiger partial charge in [0.15, 0.2) is 0 Å². The van der Waals surface area contributed by atoms with Gasteiger partial charge in [0.25, 0.3) is 0 Å². The highest BCUT2D eigenvalue weighted by atomic mass is 19.4. The van der Waals surface area contributed by atoms with Crippen molar-refractivity contribution in [2.24, 2.45) is 0 Å². The van der Waals surface area contributed by atoms with Crippen molar-refractivity contribution in [2.45, 2.75) is 6.18 Å². The Bertz CT molecular complexity index is 637. The molecule has 2 N–H and O–H groups in total. The van der Waals surface area contributed by atoms with E-state index in [1.54, 1.807) is 0 Å². The number of pyridine rings is 1. The smallest absolute Gasteiger partial charge is 0.416 e. The molecular weight excluding hydrogens is 251 g/mol. The number of aromatic hydroxyl groups is 1. The summed E-state index contributed by atoms with van der Waals surface area (Å²) >= 11 is 0. The van der Waals surface area contributed by atoms with Crippen molar-refractivity contribution in [2.75, 3.05) is 0 Å². The molecule has 1 aromatic carbocycles. The van der Waals surface area contributed by atoms with E-state index in [1.807, 2.05) is 0 Å². The minimum absolute atomic E-state index is 0.0458. The number of benzene rings is 1. The average Bonchev–Trinajstić information content (AvgIpc) is 2.26. The molecule has 0 fully saturated rings. The number of aromatic carboxylic acids is 1. The van der Waals surface area contributed by atoms with Crippen LogP contribution in [0.4, 0.5) is 13.2 Å². The highest BCUT2D eigenvalue weighted by Gasteiger charge is 2.31. The molecule has 2 aromatic rings. The second kappa shape index (κ2) is 3.86. The van der Waals surface area contributed by atoms with E-state index in [9.17, 15) is 23.1 Å². The van der Waals surface area contributed by atoms with Gasteiger partial charge < -0.3 is 10.2 Å². The lowest BCUT2D eigenvalue weighted by molar-refractivity contribution is -0.137. The number of fused-ring (bicyclic) bond motifs is 1. The summed E-state index contributed by atoms with van der Waals surface area (Å²) < 4.78 is 37.4. The maximum absolute atomic E-state index is 12.5. The Morgan fingerprint density at radius 3 is 2.50 bits per heavy atom. The van der Waals surface area contributed by atoms with E-state index in [0.717, 1.165) is 24.4 Å². The molecule has 0 aliphatic carbocycles. The molecule has 0 spiro atoms. The second-order valence-electron chi connectivity index (χ2n) is 3.55. The summed E-state index contributed by atoms with van der Waals surface area (Å²) in [5.74, 6) is -2.02. The van der Waals surface area contributed by atoms with E-state index in [-0.39, 0.29) is 10.9 Å². The molecule has 0 unspecified atom stereocenters. The summed E-state index contributed by atoms with van der Waals surface area (Å²) in [6.45, 7) is 0. The molecule has 1 aromatic heterocycles. The van der Waals surface area contributed by atoms with Crippen LogP contribution in [-0.4, -0.2) is 21.2 Å². The third kappa shape index (κ3) is 1.94. The van der Waals surface area contributed by atoms with Gasteiger partial charge in [-0.1, -0.05) is 6.07 Å². The molecule has 0 saturated heterocycles. The quantitative estimate of drug-likeness (QED) is 0.823. The van der Waals surface area contributed by atoms with Crippen molar-refractivity contribution in [3.05, 3.63) is 35.5 Å². The van der Waals surface area contributed by atoms with Crippen molar-refractivity contribution < 1.29 is 28.2 Å². The zero-order valence-corrected chi connectivity index (χ0v) is 8.69. The number of carbonyl (C=O) groups is 1. The number of rotatable bonds is 1. The summed E-state index contributed by atoms with van der Waals surface area (Å²) in [4.78, 5) is 14.5. The third-order valence-corrected chi connectivity index (χ3v) is 2.39. The van der Waals surface area contributed by atoms with E-state index < -0.39 is 29.0 Å². The topological polar surface area (TPSA) is 70.4 Å². The lowest BCUT2D eigenvalue weighted by atomic mass is 10.1. The van der Waals surface area contributed by atoms with Crippen LogP contribution in [0.3, 0.4) is 0 Å². The largest absolute Gasteiger partial charge is 0.505 e. The van der Waals surface area contributed by atoms with Gasteiger partial charge in [0.05, 0.1) is 17.3 Å². The fourth-order valence-corrected chi connectivity index (χ4v) is 1.58. The first-order valence-electron chi connectivity index (χ1n) is 4.73. The Hall–Kier alpha value is -2.31. The number of hydrogen-bond donors (Lipinski definition) is 2. The monoisotopic (exact) mass is 257 g/mol. The van der Waals surface area contributed by atoms with Crippen LogP contribution >= 0.6 is 0 Å². The van der Waals surface area contributed by atoms with Gasteiger partial charge in [-0.2, -0.15) is 13.2 Å². The lowest BCUT2D eigenvalue weighted by Gasteiger charge is -2.09. The number of hydrogen-bond acceptors (Lipinski definition) is 3. The van der Waals surface area contributed by atoms with Crippen LogP contribution < -0.4 is 0 Å². The normalized spacial score (nSPS) is 11.7. The molecule has 0 aliphatic rings. The molecule has 0 radical (unpaired) electrons. The Balaban J connectivity index is 2.75. The first-order valence-corrected chi connectivity index (χ1v) is 4.73. The average molecular weight is 257 g/mol. The molecule has 18 heavy (non-hydrogen) atoms. The fraction of sp³-hybridized carbons (Fsp3) is 0.0909. The van der Waals surface area contributed by atoms with E-state index >= 15 is 0 Å². The molecule has 94 valence electrons. The first-order chi connectivity index (χ1) is 8.30. The molecule has 0 aliphatic heterocycles. The Morgan fingerprint density at radius 2 is 1.94 bits per heavy atom. The molecular formula is C11H6F3NO3. The standard InChI is InChI=1S/C11H6F3NO3/c12-11(13,14)5-1-2-6-7(3-5)15-4-8(16)9(6)10(17)18/h1-4,16H,(H,17,18). The molecule has 2 rings (SSSR count). The maximum atomic E-state index is 12.5. The van der Waals surface area contributed by atoms with Gasteiger partial charge in [-0.25, -0.2) is 4.79 Å². The van der Waals surface area contributed by atoms with Crippen LogP contribution in [0.2, 0.25) is 0 Å². The molecule has 0 saturated carbocycles. The number of carboxylic acid groups (broad SMARTS) is 1. The third-order valence-electron chi connectivity index (χ3n) is 2.39. The summed E-state index contributed by atoms with van der Waals surface area (Å²) in [5.41, 5.74) is -1.53. The van der Waals surface area contributed by atoms with Crippen molar-refractivity contribution in [1.29, 1.82) is 0 Å². The maximum Gasteiger partial charge on any atom is 0.416 e. The Labute approximate surface area is 98.3 Å². The Morgan fingerprint density at radius 1 is 1.28 bits per heavy atom. The highest BCUT2D eigenvalue weighted by Crippen LogP contribution is 2.33. The molecule has 0 amide bonds. The minimum atomic E-state index is -4.53. The van der Waals surface area contributed by atoms with Gasteiger partial charge in [-0.05, 0) is 12.1 Å². The van der Waals surface area contributed by atoms with Gasteiger partial charge in [0.2, 0.25) is 0 Å². The van der Waals surface area contributed by atoms with Gasteiger partial charge in [0.1, 0.15) is 11.3 Å². The van der Waals surface area contributed by atoms with Gasteiger partial charge in [-0.15, -0.1) is 0 Å². The predicted octanol–water partition coefficient (Wildman–Crippen LogP) is 2.66. The van der Waals surface area contributed by atoms with E-state index in [2.05, 4.69) is 4.98 Å². The number of aromatic nitrogens is 1. The van der Waals surface area contributed by atoms with Crippen LogP contribution in [-0.2, 0) is 6.18 Å². The highest BCUT2D eigenvalue weighted by molar-refractivity contribution is 6.04. The number of alkyl halides is 3. The van der Waals surface area contributed by atoms with E-state index in [0.29, 0.717) is 0 Å². The fourth-order valence-electron chi connectivity index (χ4n) is 1.58. The molecule has 0 atom stereocenters. The molecule has 4 nitrogen and oxygen atoms in total. The van der Waals surface area contributed by atoms with Crippen LogP contribution in [0.25, 0.3) is 10.9 Å². The van der Waals surface area contributed by atoms with Crippen molar-refractivity contribution in [1.82, 2.24) is 4.98 Å². The van der Waals surface area contributed by atoms with Gasteiger partial charge >= 0.3 is 12.1 Å². The molecule has 1 heterocycles. The SMILES string of the molecule is O=C(O)c1c(O)cnc2cc(C(F)(F)F)ccc12. The number of nitrogens with zero attached hydrogens (tertiary/aromatic N) is 1.